The molecule has 8 heteroatoms. The summed E-state index contributed by atoms with van der Waals surface area (Å²) in [5, 5.41) is 13.1. The SMILES string of the molecule is Cc1n[nH]c(C)c1Cc1ccc(NC(=S)NC(=O)c2ccc(-c3ccc(Br)cc3)o2)cc1. The van der Waals surface area contributed by atoms with Crippen LogP contribution in [0.4, 0.5) is 5.69 Å². The van der Waals surface area contributed by atoms with Gasteiger partial charge in [0.25, 0.3) is 5.91 Å². The van der Waals surface area contributed by atoms with Gasteiger partial charge in [0.1, 0.15) is 5.76 Å². The predicted molar refractivity (Wildman–Crippen MR) is 133 cm³/mol. The van der Waals surface area contributed by atoms with E-state index in [1.54, 1.807) is 12.1 Å². The molecule has 0 bridgehead atoms. The number of halogens is 1. The van der Waals surface area contributed by atoms with Crippen LogP contribution >= 0.6 is 28.1 Å². The highest BCUT2D eigenvalue weighted by Gasteiger charge is 2.14. The molecule has 2 aromatic carbocycles. The lowest BCUT2D eigenvalue weighted by molar-refractivity contribution is 0.0951. The first-order valence-corrected chi connectivity index (χ1v) is 11.2. The van der Waals surface area contributed by atoms with Crippen LogP contribution in [0.5, 0.6) is 0 Å². The van der Waals surface area contributed by atoms with Gasteiger partial charge in [0.2, 0.25) is 0 Å². The maximum Gasteiger partial charge on any atom is 0.293 e. The Morgan fingerprint density at radius 1 is 1.06 bits per heavy atom. The fourth-order valence-corrected chi connectivity index (χ4v) is 3.78. The number of H-pyrrole nitrogens is 1. The molecule has 1 amide bonds. The Labute approximate surface area is 199 Å². The Morgan fingerprint density at radius 3 is 2.44 bits per heavy atom. The molecule has 4 rings (SSSR count). The number of benzene rings is 2. The zero-order valence-electron chi connectivity index (χ0n) is 17.5. The second-order valence-corrected chi connectivity index (χ2v) is 8.69. The van der Waals surface area contributed by atoms with Crippen molar-refractivity contribution in [1.82, 2.24) is 15.5 Å². The van der Waals surface area contributed by atoms with Crippen LogP contribution in [-0.4, -0.2) is 21.2 Å². The first kappa shape index (κ1) is 22.0. The van der Waals surface area contributed by atoms with Crippen LogP contribution in [0.25, 0.3) is 11.3 Å². The highest BCUT2D eigenvalue weighted by molar-refractivity contribution is 9.10. The van der Waals surface area contributed by atoms with Crippen molar-refractivity contribution < 1.29 is 9.21 Å². The van der Waals surface area contributed by atoms with Gasteiger partial charge in [-0.25, -0.2) is 0 Å². The zero-order valence-corrected chi connectivity index (χ0v) is 19.9. The van der Waals surface area contributed by atoms with Gasteiger partial charge in [-0.15, -0.1) is 0 Å². The lowest BCUT2D eigenvalue weighted by atomic mass is 10.0. The minimum atomic E-state index is -0.409. The van der Waals surface area contributed by atoms with Crippen molar-refractivity contribution in [3.8, 4) is 11.3 Å². The summed E-state index contributed by atoms with van der Waals surface area (Å²) in [7, 11) is 0. The van der Waals surface area contributed by atoms with Crippen LogP contribution in [0.2, 0.25) is 0 Å². The molecule has 6 nitrogen and oxygen atoms in total. The van der Waals surface area contributed by atoms with Crippen molar-refractivity contribution in [2.75, 3.05) is 5.32 Å². The molecule has 0 aliphatic heterocycles. The van der Waals surface area contributed by atoms with Crippen molar-refractivity contribution in [3.63, 3.8) is 0 Å². The topological polar surface area (TPSA) is 83.0 Å². The Bertz CT molecular complexity index is 1240. The molecule has 0 spiro atoms. The van der Waals surface area contributed by atoms with E-state index < -0.39 is 5.91 Å². The summed E-state index contributed by atoms with van der Waals surface area (Å²) in [6.07, 6.45) is 0.800. The van der Waals surface area contributed by atoms with Crippen molar-refractivity contribution in [2.24, 2.45) is 0 Å². The third-order valence-corrected chi connectivity index (χ3v) is 5.79. The first-order valence-electron chi connectivity index (χ1n) is 9.96. The maximum absolute atomic E-state index is 12.5. The number of aryl methyl sites for hydroxylation is 2. The van der Waals surface area contributed by atoms with Crippen LogP contribution in [0.1, 0.15) is 33.1 Å². The number of furan rings is 1. The molecule has 162 valence electrons. The smallest absolute Gasteiger partial charge is 0.293 e. The number of carbonyl (C=O) groups excluding carboxylic acids is 1. The molecule has 0 saturated carbocycles. The van der Waals surface area contributed by atoms with E-state index in [1.807, 2.05) is 62.4 Å². The minimum absolute atomic E-state index is 0.188. The molecular formula is C24H21BrN4O2S. The fourth-order valence-electron chi connectivity index (χ4n) is 3.30. The average molecular weight is 509 g/mol. The molecule has 3 N–H and O–H groups in total. The van der Waals surface area contributed by atoms with Gasteiger partial charge < -0.3 is 9.73 Å². The molecule has 0 aliphatic carbocycles. The molecule has 0 saturated heterocycles. The summed E-state index contributed by atoms with van der Waals surface area (Å²) in [6.45, 7) is 4.02. The van der Waals surface area contributed by atoms with Crippen molar-refractivity contribution >= 4 is 44.9 Å². The maximum atomic E-state index is 12.5. The molecule has 2 aromatic heterocycles. The van der Waals surface area contributed by atoms with Crippen molar-refractivity contribution in [2.45, 2.75) is 20.3 Å². The quantitative estimate of drug-likeness (QED) is 0.298. The van der Waals surface area contributed by atoms with Gasteiger partial charge in [0.05, 0.1) is 5.69 Å². The number of nitrogens with zero attached hydrogens (tertiary/aromatic N) is 1. The third kappa shape index (κ3) is 5.15. The highest BCUT2D eigenvalue weighted by atomic mass is 79.9. The number of aromatic nitrogens is 2. The van der Waals surface area contributed by atoms with Gasteiger partial charge >= 0.3 is 0 Å². The van der Waals surface area contributed by atoms with E-state index in [0.29, 0.717) is 5.76 Å². The first-order chi connectivity index (χ1) is 15.4. The molecular weight excluding hydrogens is 488 g/mol. The Balaban J connectivity index is 1.34. The Hall–Kier alpha value is -3.23. The van der Waals surface area contributed by atoms with Crippen molar-refractivity contribution in [3.05, 3.63) is 93.4 Å². The molecule has 0 fully saturated rings. The van der Waals surface area contributed by atoms with Gasteiger partial charge in [-0.3, -0.25) is 15.2 Å². The molecule has 0 unspecified atom stereocenters. The number of carbonyl (C=O) groups is 1. The second kappa shape index (κ2) is 9.50. The monoisotopic (exact) mass is 508 g/mol. The van der Waals surface area contributed by atoms with Crippen LogP contribution in [-0.2, 0) is 6.42 Å². The lowest BCUT2D eigenvalue weighted by Crippen LogP contribution is -2.33. The molecule has 2 heterocycles. The van der Waals surface area contributed by atoms with Gasteiger partial charge in [0.15, 0.2) is 10.9 Å². The van der Waals surface area contributed by atoms with E-state index in [1.165, 1.54) is 5.56 Å². The minimum Gasteiger partial charge on any atom is -0.451 e. The number of hydrogen-bond acceptors (Lipinski definition) is 4. The summed E-state index contributed by atoms with van der Waals surface area (Å²) in [5.74, 6) is 0.391. The van der Waals surface area contributed by atoms with E-state index in [2.05, 4.69) is 36.8 Å². The largest absolute Gasteiger partial charge is 0.451 e. The lowest BCUT2D eigenvalue weighted by Gasteiger charge is -2.09. The number of aromatic amines is 1. The molecule has 4 aromatic rings. The summed E-state index contributed by atoms with van der Waals surface area (Å²) in [5.41, 5.74) is 6.12. The second-order valence-electron chi connectivity index (χ2n) is 7.37. The van der Waals surface area contributed by atoms with Crippen LogP contribution in [0.3, 0.4) is 0 Å². The highest BCUT2D eigenvalue weighted by Crippen LogP contribution is 2.24. The number of rotatable bonds is 5. The van der Waals surface area contributed by atoms with Crippen LogP contribution in [0.15, 0.2) is 69.6 Å². The van der Waals surface area contributed by atoms with E-state index in [4.69, 9.17) is 16.6 Å². The number of thiocarbonyl (C=S) groups is 1. The molecule has 0 atom stereocenters. The van der Waals surface area contributed by atoms with E-state index >= 15 is 0 Å². The van der Waals surface area contributed by atoms with Crippen LogP contribution in [0, 0.1) is 13.8 Å². The number of amides is 1. The van der Waals surface area contributed by atoms with E-state index in [0.717, 1.165) is 39.1 Å². The number of hydrogen-bond donors (Lipinski definition) is 3. The summed E-state index contributed by atoms with van der Waals surface area (Å²) < 4.78 is 6.66. The number of anilines is 1. The van der Waals surface area contributed by atoms with Gasteiger partial charge in [0, 0.05) is 33.4 Å². The fraction of sp³-hybridized carbons (Fsp3) is 0.125. The number of nitrogens with one attached hydrogen (secondary N) is 3. The normalized spacial score (nSPS) is 10.7. The average Bonchev–Trinajstić information content (AvgIpc) is 3.38. The van der Waals surface area contributed by atoms with Gasteiger partial charge in [-0.2, -0.15) is 5.10 Å². The predicted octanol–water partition coefficient (Wildman–Crippen LogP) is 5.77. The van der Waals surface area contributed by atoms with E-state index in [9.17, 15) is 4.79 Å². The summed E-state index contributed by atoms with van der Waals surface area (Å²) >= 11 is 8.69. The molecule has 0 aliphatic rings. The Kier molecular flexibility index (Phi) is 6.53. The molecule has 0 radical (unpaired) electrons. The van der Waals surface area contributed by atoms with Gasteiger partial charge in [-0.1, -0.05) is 40.2 Å². The summed E-state index contributed by atoms with van der Waals surface area (Å²) in [6, 6.07) is 18.9. The standard InChI is InChI=1S/C24H21BrN4O2S/c1-14-20(15(2)29-28-14)13-16-3-9-19(10-4-16)26-24(32)27-23(30)22-12-11-21(31-22)17-5-7-18(25)8-6-17/h3-12H,13H2,1-2H3,(H,28,29)(H2,26,27,30,32). The van der Waals surface area contributed by atoms with E-state index in [-0.39, 0.29) is 10.9 Å². The van der Waals surface area contributed by atoms with Crippen molar-refractivity contribution in [1.29, 1.82) is 0 Å². The van der Waals surface area contributed by atoms with Gasteiger partial charge in [-0.05, 0) is 68.0 Å². The molecule has 32 heavy (non-hydrogen) atoms. The van der Waals surface area contributed by atoms with Crippen LogP contribution < -0.4 is 10.6 Å². The Morgan fingerprint density at radius 2 is 1.78 bits per heavy atom. The third-order valence-electron chi connectivity index (χ3n) is 5.06. The summed E-state index contributed by atoms with van der Waals surface area (Å²) in [4.78, 5) is 12.5. The zero-order chi connectivity index (χ0) is 22.7.